The second-order valence-corrected chi connectivity index (χ2v) is 6.67. The molecule has 1 unspecified atom stereocenters. The summed E-state index contributed by atoms with van der Waals surface area (Å²) in [5, 5.41) is 14.7. The van der Waals surface area contributed by atoms with E-state index < -0.39 is 5.91 Å². The van der Waals surface area contributed by atoms with Crippen LogP contribution in [-0.2, 0) is 0 Å². The molecule has 0 bridgehead atoms. The zero-order chi connectivity index (χ0) is 20.3. The smallest absolute Gasteiger partial charge is 0.272 e. The number of nitrogens with one attached hydrogen (secondary N) is 2. The Kier molecular flexibility index (Phi) is 5.41. The topological polar surface area (TPSA) is 99.3 Å². The van der Waals surface area contributed by atoms with Crippen molar-refractivity contribution in [2.45, 2.75) is 33.2 Å². The van der Waals surface area contributed by atoms with Gasteiger partial charge >= 0.3 is 0 Å². The molecule has 0 aliphatic rings. The van der Waals surface area contributed by atoms with Crippen molar-refractivity contribution in [3.05, 3.63) is 65.0 Å². The second-order valence-electron chi connectivity index (χ2n) is 6.67. The van der Waals surface area contributed by atoms with Gasteiger partial charge in [0.05, 0.1) is 11.6 Å². The molecule has 0 radical (unpaired) electrons. The number of carbonyl (C=O) groups excluding carboxylic acids is 2. The number of carbonyl (C=O) groups is 2. The number of amides is 2. The van der Waals surface area contributed by atoms with E-state index in [1.807, 2.05) is 32.9 Å². The fraction of sp³-hybridized carbons (Fsp3) is 0.238. The molecule has 2 aromatic heterocycles. The molecule has 3 aromatic rings. The van der Waals surface area contributed by atoms with Crippen LogP contribution in [0.2, 0.25) is 0 Å². The number of nitriles is 1. The first-order valence-electron chi connectivity index (χ1n) is 9.04. The first-order valence-corrected chi connectivity index (χ1v) is 9.04. The highest BCUT2D eigenvalue weighted by Gasteiger charge is 2.22. The number of aromatic nitrogens is 2. The van der Waals surface area contributed by atoms with E-state index in [1.165, 1.54) is 6.07 Å². The van der Waals surface area contributed by atoms with E-state index in [-0.39, 0.29) is 23.5 Å². The van der Waals surface area contributed by atoms with Crippen LogP contribution in [-0.4, -0.2) is 27.2 Å². The third kappa shape index (κ3) is 3.86. The van der Waals surface area contributed by atoms with Gasteiger partial charge in [0, 0.05) is 17.8 Å². The average Bonchev–Trinajstić information content (AvgIpc) is 3.04. The van der Waals surface area contributed by atoms with Crippen LogP contribution in [0.4, 0.5) is 5.82 Å². The first kappa shape index (κ1) is 19.1. The molecule has 7 nitrogen and oxygen atoms in total. The summed E-state index contributed by atoms with van der Waals surface area (Å²) in [7, 11) is 0. The predicted molar refractivity (Wildman–Crippen MR) is 106 cm³/mol. The summed E-state index contributed by atoms with van der Waals surface area (Å²) in [6.07, 6.45) is 2.59. The minimum absolute atomic E-state index is 0.0151. The van der Waals surface area contributed by atoms with Crippen molar-refractivity contribution in [3.8, 4) is 6.07 Å². The van der Waals surface area contributed by atoms with Gasteiger partial charge in [0.1, 0.15) is 5.65 Å². The van der Waals surface area contributed by atoms with E-state index >= 15 is 0 Å². The molecule has 1 aromatic carbocycles. The zero-order valence-corrected chi connectivity index (χ0v) is 16.0. The van der Waals surface area contributed by atoms with Crippen molar-refractivity contribution < 1.29 is 9.59 Å². The van der Waals surface area contributed by atoms with Crippen LogP contribution >= 0.6 is 0 Å². The van der Waals surface area contributed by atoms with Gasteiger partial charge in [0.15, 0.2) is 11.5 Å². The van der Waals surface area contributed by atoms with Crippen LogP contribution in [0, 0.1) is 18.3 Å². The normalized spacial score (nSPS) is 11.6. The summed E-state index contributed by atoms with van der Waals surface area (Å²) in [5.74, 6) is -0.567. The van der Waals surface area contributed by atoms with Crippen LogP contribution in [0.15, 0.2) is 42.6 Å². The number of hydrogen-bond acceptors (Lipinski definition) is 4. The van der Waals surface area contributed by atoms with Crippen molar-refractivity contribution in [1.29, 1.82) is 5.26 Å². The van der Waals surface area contributed by atoms with E-state index in [0.717, 1.165) is 12.0 Å². The van der Waals surface area contributed by atoms with E-state index in [1.54, 1.807) is 34.9 Å². The lowest BCUT2D eigenvalue weighted by Gasteiger charge is -2.12. The van der Waals surface area contributed by atoms with Gasteiger partial charge in [-0.2, -0.15) is 5.26 Å². The van der Waals surface area contributed by atoms with Gasteiger partial charge in [-0.1, -0.05) is 19.1 Å². The van der Waals surface area contributed by atoms with Crippen molar-refractivity contribution in [2.75, 3.05) is 5.32 Å². The molecule has 7 heteroatoms. The third-order valence-electron chi connectivity index (χ3n) is 4.46. The Morgan fingerprint density at radius 1 is 1.25 bits per heavy atom. The quantitative estimate of drug-likeness (QED) is 0.715. The maximum Gasteiger partial charge on any atom is 0.272 e. The monoisotopic (exact) mass is 375 g/mol. The molecule has 0 aliphatic carbocycles. The highest BCUT2D eigenvalue weighted by Crippen LogP contribution is 2.20. The SMILES string of the molecule is CCC(C)NC(=O)c1c(NC(=O)c2cccc(C#N)c2)nc2ccc(C)cn12. The first-order chi connectivity index (χ1) is 13.4. The predicted octanol–water partition coefficient (Wildman–Crippen LogP) is 3.30. The Bertz CT molecular complexity index is 1090. The molecule has 1 atom stereocenters. The zero-order valence-electron chi connectivity index (χ0n) is 16.0. The van der Waals surface area contributed by atoms with Crippen LogP contribution in [0.5, 0.6) is 0 Å². The Morgan fingerprint density at radius 2 is 2.04 bits per heavy atom. The minimum Gasteiger partial charge on any atom is -0.348 e. The standard InChI is InChI=1S/C21H21N5O2/c1-4-14(3)23-21(28)18-19(24-17-9-8-13(2)12-26(17)18)25-20(27)16-7-5-6-15(10-16)11-22/h5-10,12,14H,4H2,1-3H3,(H,23,28)(H,25,27). The maximum absolute atomic E-state index is 12.9. The molecule has 28 heavy (non-hydrogen) atoms. The fourth-order valence-corrected chi connectivity index (χ4v) is 2.76. The van der Waals surface area contributed by atoms with Gasteiger partial charge in [-0.15, -0.1) is 0 Å². The van der Waals surface area contributed by atoms with Crippen LogP contribution in [0.25, 0.3) is 5.65 Å². The van der Waals surface area contributed by atoms with Crippen molar-refractivity contribution in [3.63, 3.8) is 0 Å². The number of imidazole rings is 1. The van der Waals surface area contributed by atoms with Crippen LogP contribution < -0.4 is 10.6 Å². The highest BCUT2D eigenvalue weighted by atomic mass is 16.2. The number of anilines is 1. The Labute approximate surface area is 163 Å². The highest BCUT2D eigenvalue weighted by molar-refractivity contribution is 6.08. The molecule has 2 heterocycles. The summed E-state index contributed by atoms with van der Waals surface area (Å²) < 4.78 is 1.67. The molecule has 0 saturated carbocycles. The number of benzene rings is 1. The number of pyridine rings is 1. The Morgan fingerprint density at radius 3 is 2.75 bits per heavy atom. The molecule has 142 valence electrons. The maximum atomic E-state index is 12.9. The fourth-order valence-electron chi connectivity index (χ4n) is 2.76. The third-order valence-corrected chi connectivity index (χ3v) is 4.46. The summed E-state index contributed by atoms with van der Waals surface area (Å²) in [6, 6.07) is 12.0. The second kappa shape index (κ2) is 7.92. The van der Waals surface area contributed by atoms with Crippen molar-refractivity contribution in [1.82, 2.24) is 14.7 Å². The lowest BCUT2D eigenvalue weighted by Crippen LogP contribution is -2.33. The lowest BCUT2D eigenvalue weighted by molar-refractivity contribution is 0.0934. The summed E-state index contributed by atoms with van der Waals surface area (Å²) >= 11 is 0. The summed E-state index contributed by atoms with van der Waals surface area (Å²) in [6.45, 7) is 5.81. The van der Waals surface area contributed by atoms with Gasteiger partial charge in [0.2, 0.25) is 0 Å². The van der Waals surface area contributed by atoms with E-state index in [9.17, 15) is 9.59 Å². The van der Waals surface area contributed by atoms with E-state index in [0.29, 0.717) is 16.8 Å². The molecular formula is C21H21N5O2. The average molecular weight is 375 g/mol. The van der Waals surface area contributed by atoms with Gasteiger partial charge in [0.25, 0.3) is 11.8 Å². The number of fused-ring (bicyclic) bond motifs is 1. The number of nitrogens with zero attached hydrogens (tertiary/aromatic N) is 3. The molecule has 0 aliphatic heterocycles. The lowest BCUT2D eigenvalue weighted by atomic mass is 10.1. The van der Waals surface area contributed by atoms with E-state index in [4.69, 9.17) is 5.26 Å². The van der Waals surface area contributed by atoms with Crippen LogP contribution in [0.1, 0.15) is 52.2 Å². The van der Waals surface area contributed by atoms with Crippen LogP contribution in [0.3, 0.4) is 0 Å². The van der Waals surface area contributed by atoms with Gasteiger partial charge in [-0.25, -0.2) is 4.98 Å². The largest absolute Gasteiger partial charge is 0.348 e. The molecular weight excluding hydrogens is 354 g/mol. The van der Waals surface area contributed by atoms with Gasteiger partial charge in [-0.05, 0) is 50.1 Å². The summed E-state index contributed by atoms with van der Waals surface area (Å²) in [4.78, 5) is 30.0. The molecule has 0 fully saturated rings. The van der Waals surface area contributed by atoms with E-state index in [2.05, 4.69) is 15.6 Å². The Balaban J connectivity index is 2.02. The number of aryl methyl sites for hydroxylation is 1. The molecule has 2 amide bonds. The number of rotatable bonds is 5. The summed E-state index contributed by atoms with van der Waals surface area (Å²) in [5.41, 5.74) is 2.49. The molecule has 2 N–H and O–H groups in total. The molecule has 3 rings (SSSR count). The number of hydrogen-bond donors (Lipinski definition) is 2. The molecule has 0 saturated heterocycles. The van der Waals surface area contributed by atoms with Gasteiger partial charge < -0.3 is 10.6 Å². The van der Waals surface area contributed by atoms with Crippen molar-refractivity contribution in [2.24, 2.45) is 0 Å². The molecule has 0 spiro atoms. The van der Waals surface area contributed by atoms with Gasteiger partial charge in [-0.3, -0.25) is 14.0 Å². The Hall–Kier alpha value is -3.66. The minimum atomic E-state index is -0.435. The van der Waals surface area contributed by atoms with Crippen molar-refractivity contribution >= 4 is 23.3 Å².